The maximum Gasteiger partial charge on any atom is 0.257 e. The quantitative estimate of drug-likeness (QED) is 0.519. The van der Waals surface area contributed by atoms with Gasteiger partial charge in [0, 0.05) is 22.6 Å². The number of rotatable bonds is 6. The Morgan fingerprint density at radius 3 is 2.11 bits per heavy atom. The second kappa shape index (κ2) is 9.53. The number of benzene rings is 3. The third kappa shape index (κ3) is 5.56. The van der Waals surface area contributed by atoms with Crippen molar-refractivity contribution in [3.63, 3.8) is 0 Å². The van der Waals surface area contributed by atoms with Crippen LogP contribution in [0.25, 0.3) is 0 Å². The Bertz CT molecular complexity index is 926. The lowest BCUT2D eigenvalue weighted by molar-refractivity contribution is 0.0977. The van der Waals surface area contributed by atoms with Crippen molar-refractivity contribution in [3.8, 4) is 5.75 Å². The lowest BCUT2D eigenvalue weighted by atomic mass is 10.2. The Hall–Kier alpha value is -3.38. The topological polar surface area (TPSA) is 62.4 Å². The highest BCUT2D eigenvalue weighted by Gasteiger charge is 2.08. The smallest absolute Gasteiger partial charge is 0.257 e. The van der Waals surface area contributed by atoms with Gasteiger partial charge in [0.15, 0.2) is 5.11 Å². The van der Waals surface area contributed by atoms with Crippen LogP contribution < -0.4 is 20.7 Å². The predicted molar refractivity (Wildman–Crippen MR) is 117 cm³/mol. The number of carbonyl (C=O) groups is 1. The fraction of sp³-hybridized carbons (Fsp3) is 0.0909. The Morgan fingerprint density at radius 2 is 1.46 bits per heavy atom. The molecule has 0 saturated heterocycles. The standard InChI is InChI=1S/C22H21N3O2S/c1-2-27-20-14-8-16(9-15-20)21(26)25-22(28)24-19-12-10-18(11-13-19)23-17-6-4-3-5-7-17/h3-15,23H,2H2,1H3,(H2,24,25,26,28). The van der Waals surface area contributed by atoms with Gasteiger partial charge in [-0.15, -0.1) is 0 Å². The number of nitrogens with one attached hydrogen (secondary N) is 3. The fourth-order valence-electron chi connectivity index (χ4n) is 2.53. The molecule has 3 N–H and O–H groups in total. The lowest BCUT2D eigenvalue weighted by Crippen LogP contribution is -2.34. The summed E-state index contributed by atoms with van der Waals surface area (Å²) in [5, 5.41) is 9.24. The second-order valence-electron chi connectivity index (χ2n) is 5.93. The largest absolute Gasteiger partial charge is 0.494 e. The summed E-state index contributed by atoms with van der Waals surface area (Å²) in [7, 11) is 0. The van der Waals surface area contributed by atoms with Crippen LogP contribution in [0.15, 0.2) is 78.9 Å². The van der Waals surface area contributed by atoms with Gasteiger partial charge in [0.2, 0.25) is 0 Å². The maximum absolute atomic E-state index is 12.3. The highest BCUT2D eigenvalue weighted by Crippen LogP contribution is 2.18. The van der Waals surface area contributed by atoms with Gasteiger partial charge in [-0.05, 0) is 79.8 Å². The van der Waals surface area contributed by atoms with Gasteiger partial charge in [-0.25, -0.2) is 0 Å². The molecule has 142 valence electrons. The van der Waals surface area contributed by atoms with Crippen LogP contribution in [0.2, 0.25) is 0 Å². The van der Waals surface area contributed by atoms with Crippen molar-refractivity contribution in [2.24, 2.45) is 0 Å². The van der Waals surface area contributed by atoms with Gasteiger partial charge in [-0.1, -0.05) is 18.2 Å². The van der Waals surface area contributed by atoms with Crippen LogP contribution in [0.5, 0.6) is 5.75 Å². The predicted octanol–water partition coefficient (Wildman–Crippen LogP) is 4.96. The Kier molecular flexibility index (Phi) is 6.59. The molecule has 28 heavy (non-hydrogen) atoms. The van der Waals surface area contributed by atoms with E-state index in [9.17, 15) is 4.79 Å². The first-order valence-corrected chi connectivity index (χ1v) is 9.32. The molecule has 6 heteroatoms. The molecule has 0 heterocycles. The normalized spacial score (nSPS) is 10.0. The van der Waals surface area contributed by atoms with Crippen molar-refractivity contribution in [1.82, 2.24) is 5.32 Å². The molecule has 0 fully saturated rings. The number of carbonyl (C=O) groups excluding carboxylic acids is 1. The summed E-state index contributed by atoms with van der Waals surface area (Å²) in [5.41, 5.74) is 3.27. The van der Waals surface area contributed by atoms with Crippen molar-refractivity contribution in [2.75, 3.05) is 17.2 Å². The lowest BCUT2D eigenvalue weighted by Gasteiger charge is -2.11. The van der Waals surface area contributed by atoms with Crippen LogP contribution in [0.3, 0.4) is 0 Å². The van der Waals surface area contributed by atoms with E-state index >= 15 is 0 Å². The number of para-hydroxylation sites is 1. The molecule has 0 aromatic heterocycles. The molecule has 0 atom stereocenters. The Morgan fingerprint density at radius 1 is 0.857 bits per heavy atom. The van der Waals surface area contributed by atoms with Gasteiger partial charge in [0.25, 0.3) is 5.91 Å². The molecule has 1 amide bonds. The van der Waals surface area contributed by atoms with Crippen LogP contribution in [0, 0.1) is 0 Å². The maximum atomic E-state index is 12.3. The number of anilines is 3. The number of hydrogen-bond donors (Lipinski definition) is 3. The zero-order chi connectivity index (χ0) is 19.8. The summed E-state index contributed by atoms with van der Waals surface area (Å²) in [5.74, 6) is 0.451. The van der Waals surface area contributed by atoms with Crippen molar-refractivity contribution >= 4 is 40.3 Å². The van der Waals surface area contributed by atoms with E-state index < -0.39 is 0 Å². The fourth-order valence-corrected chi connectivity index (χ4v) is 2.74. The van der Waals surface area contributed by atoms with Crippen molar-refractivity contribution in [1.29, 1.82) is 0 Å². The van der Waals surface area contributed by atoms with E-state index in [4.69, 9.17) is 17.0 Å². The summed E-state index contributed by atoms with van der Waals surface area (Å²) in [6, 6.07) is 24.5. The van der Waals surface area contributed by atoms with Gasteiger partial charge in [0.1, 0.15) is 5.75 Å². The van der Waals surface area contributed by atoms with E-state index in [0.717, 1.165) is 22.8 Å². The van der Waals surface area contributed by atoms with Crippen LogP contribution >= 0.6 is 12.2 Å². The molecule has 0 aliphatic carbocycles. The molecule has 0 radical (unpaired) electrons. The first-order valence-electron chi connectivity index (χ1n) is 8.91. The van der Waals surface area contributed by atoms with Gasteiger partial charge in [-0.2, -0.15) is 0 Å². The average Bonchev–Trinajstić information content (AvgIpc) is 2.71. The van der Waals surface area contributed by atoms with Crippen molar-refractivity contribution < 1.29 is 9.53 Å². The van der Waals surface area contributed by atoms with E-state index in [2.05, 4.69) is 16.0 Å². The third-order valence-electron chi connectivity index (χ3n) is 3.86. The molecule has 0 saturated carbocycles. The number of hydrogen-bond acceptors (Lipinski definition) is 4. The van der Waals surface area contributed by atoms with Crippen LogP contribution in [-0.2, 0) is 0 Å². The molecular formula is C22H21N3O2S. The first kappa shape index (κ1) is 19.4. The first-order chi connectivity index (χ1) is 13.6. The van der Waals surface area contributed by atoms with Gasteiger partial charge in [0.05, 0.1) is 6.61 Å². The van der Waals surface area contributed by atoms with E-state index in [1.54, 1.807) is 24.3 Å². The molecular weight excluding hydrogens is 370 g/mol. The minimum absolute atomic E-state index is 0.239. The van der Waals surface area contributed by atoms with E-state index in [0.29, 0.717) is 12.2 Å². The van der Waals surface area contributed by atoms with Gasteiger partial charge in [-0.3, -0.25) is 10.1 Å². The number of amides is 1. The minimum atomic E-state index is -0.275. The third-order valence-corrected chi connectivity index (χ3v) is 4.06. The van der Waals surface area contributed by atoms with Crippen LogP contribution in [0.1, 0.15) is 17.3 Å². The summed E-state index contributed by atoms with van der Waals surface area (Å²) < 4.78 is 5.37. The van der Waals surface area contributed by atoms with Crippen LogP contribution in [-0.4, -0.2) is 17.6 Å². The zero-order valence-electron chi connectivity index (χ0n) is 15.4. The molecule has 0 spiro atoms. The number of thiocarbonyl (C=S) groups is 1. The van der Waals surface area contributed by atoms with Crippen LogP contribution in [0.4, 0.5) is 17.1 Å². The van der Waals surface area contributed by atoms with E-state index in [-0.39, 0.29) is 11.0 Å². The molecule has 3 aromatic carbocycles. The molecule has 5 nitrogen and oxygen atoms in total. The number of ether oxygens (including phenoxy) is 1. The Balaban J connectivity index is 1.53. The summed E-state index contributed by atoms with van der Waals surface area (Å²) in [4.78, 5) is 12.3. The zero-order valence-corrected chi connectivity index (χ0v) is 16.3. The van der Waals surface area contributed by atoms with E-state index in [1.165, 1.54) is 0 Å². The molecule has 0 bridgehead atoms. The molecule has 3 rings (SSSR count). The SMILES string of the molecule is CCOc1ccc(C(=O)NC(=S)Nc2ccc(Nc3ccccc3)cc2)cc1. The van der Waals surface area contributed by atoms with Gasteiger partial charge >= 0.3 is 0 Å². The summed E-state index contributed by atoms with van der Waals surface area (Å²) in [6.07, 6.45) is 0. The summed E-state index contributed by atoms with van der Waals surface area (Å²) in [6.45, 7) is 2.49. The summed E-state index contributed by atoms with van der Waals surface area (Å²) >= 11 is 5.23. The van der Waals surface area contributed by atoms with E-state index in [1.807, 2.05) is 61.5 Å². The molecule has 0 aliphatic rings. The average molecular weight is 391 g/mol. The monoisotopic (exact) mass is 391 g/mol. The molecule has 0 unspecified atom stereocenters. The molecule has 3 aromatic rings. The van der Waals surface area contributed by atoms with Crippen molar-refractivity contribution in [2.45, 2.75) is 6.92 Å². The molecule has 0 aliphatic heterocycles. The highest BCUT2D eigenvalue weighted by atomic mass is 32.1. The second-order valence-corrected chi connectivity index (χ2v) is 6.34. The van der Waals surface area contributed by atoms with Gasteiger partial charge < -0.3 is 15.4 Å². The minimum Gasteiger partial charge on any atom is -0.494 e. The Labute approximate surface area is 169 Å². The highest BCUT2D eigenvalue weighted by molar-refractivity contribution is 7.80. The van der Waals surface area contributed by atoms with Crippen molar-refractivity contribution in [3.05, 3.63) is 84.4 Å².